The molecule has 0 spiro atoms. The largest absolute Gasteiger partial charge is 0.336 e. The average Bonchev–Trinajstić information content (AvgIpc) is 3.09. The van der Waals surface area contributed by atoms with Gasteiger partial charge in [0.1, 0.15) is 4.21 Å². The molecule has 11 heteroatoms. The minimum absolute atomic E-state index is 0.180. The molecule has 146 valence electrons. The van der Waals surface area contributed by atoms with E-state index < -0.39 is 15.8 Å². The number of alkyl halides is 2. The zero-order chi connectivity index (χ0) is 19.6. The van der Waals surface area contributed by atoms with Gasteiger partial charge in [-0.3, -0.25) is 4.79 Å². The summed E-state index contributed by atoms with van der Waals surface area (Å²) in [5.74, 6) is -2.76. The summed E-state index contributed by atoms with van der Waals surface area (Å²) in [4.78, 5) is 14.5. The molecule has 1 aliphatic rings. The van der Waals surface area contributed by atoms with E-state index in [1.807, 2.05) is 0 Å². The van der Waals surface area contributed by atoms with Crippen LogP contribution < -0.4 is 0 Å². The molecule has 3 rings (SSSR count). The number of sulfonamides is 1. The van der Waals surface area contributed by atoms with Crippen LogP contribution in [-0.2, 0) is 10.0 Å². The molecule has 2 aromatic rings. The van der Waals surface area contributed by atoms with Gasteiger partial charge in [-0.25, -0.2) is 8.42 Å². The molecular formula is C16H15ClF2N2O3S3. The van der Waals surface area contributed by atoms with Crippen LogP contribution in [0.25, 0.3) is 0 Å². The van der Waals surface area contributed by atoms with Crippen LogP contribution in [0.15, 0.2) is 45.5 Å². The number of carbonyl (C=O) groups is 1. The Balaban J connectivity index is 1.62. The molecule has 0 atom stereocenters. The molecule has 27 heavy (non-hydrogen) atoms. The van der Waals surface area contributed by atoms with Crippen molar-refractivity contribution in [2.75, 3.05) is 26.2 Å². The Kier molecular flexibility index (Phi) is 6.42. The zero-order valence-corrected chi connectivity index (χ0v) is 17.1. The summed E-state index contributed by atoms with van der Waals surface area (Å²) in [5.41, 5.74) is 0.384. The summed E-state index contributed by atoms with van der Waals surface area (Å²) >= 11 is 7.23. The van der Waals surface area contributed by atoms with Gasteiger partial charge in [0.2, 0.25) is 0 Å². The fourth-order valence-electron chi connectivity index (χ4n) is 2.66. The van der Waals surface area contributed by atoms with Crippen molar-refractivity contribution in [3.05, 3.63) is 46.3 Å². The molecule has 1 saturated heterocycles. The van der Waals surface area contributed by atoms with Crippen molar-refractivity contribution < 1.29 is 22.0 Å². The molecule has 1 aromatic carbocycles. The Morgan fingerprint density at radius 2 is 1.70 bits per heavy atom. The Bertz CT molecular complexity index is 911. The van der Waals surface area contributed by atoms with E-state index in [9.17, 15) is 22.0 Å². The minimum Gasteiger partial charge on any atom is -0.336 e. The highest BCUT2D eigenvalue weighted by Crippen LogP contribution is 2.29. The number of piperazine rings is 1. The summed E-state index contributed by atoms with van der Waals surface area (Å²) in [6, 6.07) is 8.97. The first-order chi connectivity index (χ1) is 12.8. The number of hydrogen-bond acceptors (Lipinski definition) is 5. The molecule has 1 aromatic heterocycles. The van der Waals surface area contributed by atoms with Crippen LogP contribution in [0.1, 0.15) is 10.4 Å². The van der Waals surface area contributed by atoms with Crippen molar-refractivity contribution in [1.82, 2.24) is 9.21 Å². The molecule has 0 N–H and O–H groups in total. The SMILES string of the molecule is O=C(c1ccc(SC(F)F)cc1)N1CCN(S(=O)(=O)c2ccc(Cl)s2)CC1. The fraction of sp³-hybridized carbons (Fsp3) is 0.312. The molecule has 0 radical (unpaired) electrons. The molecule has 2 heterocycles. The molecule has 1 fully saturated rings. The van der Waals surface area contributed by atoms with Crippen molar-refractivity contribution >= 4 is 50.6 Å². The molecule has 1 aliphatic heterocycles. The van der Waals surface area contributed by atoms with E-state index in [0.717, 1.165) is 11.3 Å². The highest BCUT2D eigenvalue weighted by atomic mass is 35.5. The van der Waals surface area contributed by atoms with Crippen LogP contribution in [-0.4, -0.2) is 55.5 Å². The average molecular weight is 453 g/mol. The maximum absolute atomic E-state index is 12.6. The van der Waals surface area contributed by atoms with Crippen LogP contribution >= 0.6 is 34.7 Å². The van der Waals surface area contributed by atoms with Crippen LogP contribution in [0.4, 0.5) is 8.78 Å². The van der Waals surface area contributed by atoms with Gasteiger partial charge in [0.05, 0.1) is 4.34 Å². The third-order valence-electron chi connectivity index (χ3n) is 3.99. The minimum atomic E-state index is -3.62. The quantitative estimate of drug-likeness (QED) is 0.646. The standard InChI is InChI=1S/C16H15ClF2N2O3S3/c17-13-5-6-14(26-13)27(23,24)21-9-7-20(8-10-21)15(22)11-1-3-12(4-2-11)25-16(18)19/h1-6,16H,7-10H2. The number of thiophene rings is 1. The van der Waals surface area contributed by atoms with Gasteiger partial charge in [-0.2, -0.15) is 13.1 Å². The molecule has 0 unspecified atom stereocenters. The maximum Gasteiger partial charge on any atom is 0.288 e. The van der Waals surface area contributed by atoms with E-state index in [1.165, 1.54) is 40.7 Å². The van der Waals surface area contributed by atoms with Gasteiger partial charge in [-0.05, 0) is 36.4 Å². The smallest absolute Gasteiger partial charge is 0.288 e. The number of carbonyl (C=O) groups excluding carboxylic acids is 1. The van der Waals surface area contributed by atoms with Crippen molar-refractivity contribution in [2.45, 2.75) is 14.9 Å². The second-order valence-electron chi connectivity index (χ2n) is 5.66. The predicted molar refractivity (Wildman–Crippen MR) is 102 cm³/mol. The van der Waals surface area contributed by atoms with Gasteiger partial charge >= 0.3 is 0 Å². The second-order valence-corrected chi connectivity index (χ2v) is 10.6. The number of halogens is 3. The summed E-state index contributed by atoms with van der Waals surface area (Å²) in [6.07, 6.45) is 0. The molecule has 0 aliphatic carbocycles. The van der Waals surface area contributed by atoms with Gasteiger partial charge in [-0.15, -0.1) is 11.3 Å². The molecule has 0 saturated carbocycles. The number of benzene rings is 1. The van der Waals surface area contributed by atoms with Crippen LogP contribution in [0.2, 0.25) is 4.34 Å². The lowest BCUT2D eigenvalue weighted by Gasteiger charge is -2.33. The van der Waals surface area contributed by atoms with E-state index in [2.05, 4.69) is 0 Å². The lowest BCUT2D eigenvalue weighted by molar-refractivity contribution is 0.0698. The molecule has 1 amide bonds. The highest BCUT2D eigenvalue weighted by molar-refractivity contribution is 7.99. The summed E-state index contributed by atoms with van der Waals surface area (Å²) < 4.78 is 51.8. The van der Waals surface area contributed by atoms with E-state index in [-0.39, 0.29) is 36.3 Å². The first-order valence-electron chi connectivity index (χ1n) is 7.87. The third-order valence-corrected chi connectivity index (χ3v) is 8.31. The van der Waals surface area contributed by atoms with Crippen molar-refractivity contribution in [2.24, 2.45) is 0 Å². The van der Waals surface area contributed by atoms with Gasteiger partial charge < -0.3 is 4.90 Å². The second kappa shape index (κ2) is 8.44. The Hall–Kier alpha value is -1.20. The van der Waals surface area contributed by atoms with Crippen LogP contribution in [0.3, 0.4) is 0 Å². The van der Waals surface area contributed by atoms with E-state index in [0.29, 0.717) is 26.6 Å². The van der Waals surface area contributed by atoms with Crippen LogP contribution in [0, 0.1) is 0 Å². The van der Waals surface area contributed by atoms with Crippen molar-refractivity contribution in [1.29, 1.82) is 0 Å². The number of nitrogens with zero attached hydrogens (tertiary/aromatic N) is 2. The normalized spacial score (nSPS) is 16.1. The van der Waals surface area contributed by atoms with Gasteiger partial charge in [0.25, 0.3) is 21.7 Å². The predicted octanol–water partition coefficient (Wildman–Crippen LogP) is 3.86. The number of thioether (sulfide) groups is 1. The lowest BCUT2D eigenvalue weighted by atomic mass is 10.2. The number of hydrogen-bond donors (Lipinski definition) is 0. The first kappa shape index (κ1) is 20.5. The van der Waals surface area contributed by atoms with Gasteiger partial charge in [0, 0.05) is 36.6 Å². The summed E-state index contributed by atoms with van der Waals surface area (Å²) in [7, 11) is -3.62. The Morgan fingerprint density at radius 1 is 1.07 bits per heavy atom. The van der Waals surface area contributed by atoms with Gasteiger partial charge in [-0.1, -0.05) is 23.4 Å². The molecule has 5 nitrogen and oxygen atoms in total. The monoisotopic (exact) mass is 452 g/mol. The summed E-state index contributed by atoms with van der Waals surface area (Å²) in [5, 5.41) is 0. The fourth-order valence-corrected chi connectivity index (χ4v) is 6.21. The number of amides is 1. The highest BCUT2D eigenvalue weighted by Gasteiger charge is 2.31. The molecular weight excluding hydrogens is 438 g/mol. The van der Waals surface area contributed by atoms with Crippen molar-refractivity contribution in [3.8, 4) is 0 Å². The summed E-state index contributed by atoms with van der Waals surface area (Å²) in [6.45, 7) is 0.876. The van der Waals surface area contributed by atoms with Gasteiger partial charge in [0.15, 0.2) is 0 Å². The zero-order valence-electron chi connectivity index (χ0n) is 13.8. The Morgan fingerprint density at radius 3 is 2.22 bits per heavy atom. The van der Waals surface area contributed by atoms with E-state index in [1.54, 1.807) is 4.90 Å². The first-order valence-corrected chi connectivity index (χ1v) is 11.4. The third kappa shape index (κ3) is 4.80. The maximum atomic E-state index is 12.6. The topological polar surface area (TPSA) is 57.7 Å². The molecule has 0 bridgehead atoms. The lowest BCUT2D eigenvalue weighted by Crippen LogP contribution is -2.50. The van der Waals surface area contributed by atoms with Crippen LogP contribution in [0.5, 0.6) is 0 Å². The number of rotatable bonds is 5. The van der Waals surface area contributed by atoms with E-state index >= 15 is 0 Å². The van der Waals surface area contributed by atoms with E-state index in [4.69, 9.17) is 11.6 Å². The van der Waals surface area contributed by atoms with Crippen molar-refractivity contribution in [3.63, 3.8) is 0 Å². The Labute approximate surface area is 169 Å².